The minimum absolute atomic E-state index is 0.0166. The van der Waals surface area contributed by atoms with Crippen LogP contribution < -0.4 is 4.74 Å². The van der Waals surface area contributed by atoms with Crippen LogP contribution in [0.5, 0.6) is 17.2 Å². The smallest absolute Gasteiger partial charge is 0.146 e. The van der Waals surface area contributed by atoms with Gasteiger partial charge in [-0.2, -0.15) is 0 Å². The van der Waals surface area contributed by atoms with Crippen LogP contribution >= 0.6 is 0 Å². The summed E-state index contributed by atoms with van der Waals surface area (Å²) >= 11 is 0. The van der Waals surface area contributed by atoms with Gasteiger partial charge >= 0.3 is 0 Å². The van der Waals surface area contributed by atoms with Crippen molar-refractivity contribution in [2.24, 2.45) is 0 Å². The van der Waals surface area contributed by atoms with E-state index in [0.717, 1.165) is 40.5 Å². The lowest BCUT2D eigenvalue weighted by Gasteiger charge is -2.23. The van der Waals surface area contributed by atoms with Crippen molar-refractivity contribution in [3.8, 4) is 28.6 Å². The second kappa shape index (κ2) is 16.0. The number of nitrogens with zero attached hydrogens (tertiary/aromatic N) is 6. The molecule has 0 spiro atoms. The first kappa shape index (κ1) is 35.4. The van der Waals surface area contributed by atoms with Crippen LogP contribution in [-0.4, -0.2) is 46.8 Å². The molecule has 258 valence electrons. The van der Waals surface area contributed by atoms with Crippen LogP contribution in [0.15, 0.2) is 78.9 Å². The zero-order valence-corrected chi connectivity index (χ0v) is 29.7. The van der Waals surface area contributed by atoms with Gasteiger partial charge in [-0.05, 0) is 77.8 Å². The van der Waals surface area contributed by atoms with Crippen LogP contribution in [-0.2, 0) is 5.41 Å². The number of hydrogen-bond donors (Lipinski definition) is 2. The van der Waals surface area contributed by atoms with Crippen LogP contribution in [0.2, 0.25) is 0 Å². The van der Waals surface area contributed by atoms with Gasteiger partial charge in [0.2, 0.25) is 0 Å². The summed E-state index contributed by atoms with van der Waals surface area (Å²) in [5.74, 6) is 1.33. The molecule has 1 atom stereocenters. The summed E-state index contributed by atoms with van der Waals surface area (Å²) in [6.07, 6.45) is 8.34. The van der Waals surface area contributed by atoms with Crippen molar-refractivity contribution < 1.29 is 14.9 Å². The van der Waals surface area contributed by atoms with Crippen molar-refractivity contribution in [1.29, 1.82) is 0 Å². The average molecular weight is 663 g/mol. The third kappa shape index (κ3) is 8.76. The van der Waals surface area contributed by atoms with Crippen LogP contribution in [0.3, 0.4) is 0 Å². The number of aromatic nitrogens is 6. The molecule has 2 N–H and O–H groups in total. The van der Waals surface area contributed by atoms with E-state index < -0.39 is 0 Å². The first-order valence-electron chi connectivity index (χ1n) is 17.6. The van der Waals surface area contributed by atoms with Gasteiger partial charge in [0.15, 0.2) is 0 Å². The standard InChI is InChI=1S/C20H25N3O2.C20H25N3O/c1-2-3-4-5-6-9-14-25-16-12-13-19(20(24)15-16)23-21-17-10-7-8-11-18(17)22-23;1-6-13(2)15-11-14(20(3,4)5)12-18(19(15)24)23-21-16-9-7-8-10-17(16)22-23/h7-8,10-13,15,24H,2-6,9,14H2,1H3;7-13,24H,6H2,1-5H3. The molecule has 49 heavy (non-hydrogen) atoms. The van der Waals surface area contributed by atoms with Crippen molar-refractivity contribution in [1.82, 2.24) is 30.0 Å². The number of benzene rings is 4. The monoisotopic (exact) mass is 662 g/mol. The Labute approximate surface area is 289 Å². The van der Waals surface area contributed by atoms with Crippen molar-refractivity contribution in [2.45, 2.75) is 97.8 Å². The number of aromatic hydroxyl groups is 2. The molecular formula is C40H50N6O3. The molecule has 9 heteroatoms. The Morgan fingerprint density at radius 1 is 0.673 bits per heavy atom. The highest BCUT2D eigenvalue weighted by atomic mass is 16.5. The van der Waals surface area contributed by atoms with Crippen LogP contribution in [0.4, 0.5) is 0 Å². The largest absolute Gasteiger partial charge is 0.505 e. The van der Waals surface area contributed by atoms with E-state index >= 15 is 0 Å². The molecule has 0 aliphatic rings. The maximum atomic E-state index is 10.9. The van der Waals surface area contributed by atoms with E-state index in [1.165, 1.54) is 42.5 Å². The number of hydrogen-bond acceptors (Lipinski definition) is 7. The Balaban J connectivity index is 0.000000191. The number of fused-ring (bicyclic) bond motifs is 2. The van der Waals surface area contributed by atoms with E-state index in [0.29, 0.717) is 23.7 Å². The molecule has 9 nitrogen and oxygen atoms in total. The molecule has 0 saturated heterocycles. The lowest BCUT2D eigenvalue weighted by atomic mass is 9.83. The number of ether oxygens (including phenoxy) is 1. The van der Waals surface area contributed by atoms with Gasteiger partial charge in [0.1, 0.15) is 50.7 Å². The zero-order chi connectivity index (χ0) is 35.0. The van der Waals surface area contributed by atoms with E-state index in [1.807, 2.05) is 60.7 Å². The van der Waals surface area contributed by atoms with Crippen LogP contribution in [0.1, 0.15) is 104 Å². The van der Waals surface area contributed by atoms with Gasteiger partial charge < -0.3 is 14.9 Å². The number of phenolic OH excluding ortho intramolecular Hbond substituents is 2. The van der Waals surface area contributed by atoms with Crippen LogP contribution in [0.25, 0.3) is 33.4 Å². The Kier molecular flexibility index (Phi) is 11.5. The summed E-state index contributed by atoms with van der Waals surface area (Å²) in [7, 11) is 0. The molecule has 2 aromatic heterocycles. The normalized spacial score (nSPS) is 12.2. The van der Waals surface area contributed by atoms with Gasteiger partial charge in [-0.25, -0.2) is 0 Å². The molecule has 6 aromatic rings. The van der Waals surface area contributed by atoms with Gasteiger partial charge in [-0.15, -0.1) is 30.0 Å². The summed E-state index contributed by atoms with van der Waals surface area (Å²) in [6.45, 7) is 13.7. The molecule has 0 amide bonds. The molecule has 4 aromatic carbocycles. The minimum Gasteiger partial charge on any atom is -0.505 e. The van der Waals surface area contributed by atoms with Crippen molar-refractivity contribution in [2.75, 3.05) is 6.61 Å². The fourth-order valence-electron chi connectivity index (χ4n) is 5.59. The third-order valence-corrected chi connectivity index (χ3v) is 8.85. The van der Waals surface area contributed by atoms with Gasteiger partial charge in [0.25, 0.3) is 0 Å². The average Bonchev–Trinajstić information content (AvgIpc) is 3.72. The Morgan fingerprint density at radius 2 is 1.20 bits per heavy atom. The van der Waals surface area contributed by atoms with Crippen molar-refractivity contribution >= 4 is 22.1 Å². The lowest BCUT2D eigenvalue weighted by Crippen LogP contribution is -2.14. The Hall–Kier alpha value is -4.92. The number of rotatable bonds is 12. The number of phenols is 2. The highest BCUT2D eigenvalue weighted by Crippen LogP contribution is 2.38. The van der Waals surface area contributed by atoms with E-state index in [9.17, 15) is 10.2 Å². The SMILES string of the molecule is CCC(C)c1cc(C(C)(C)C)cc(-n2nc3ccccc3n2)c1O.CCCCCCCCOc1ccc(-n2nc3ccccc3n2)c(O)c1. The van der Waals surface area contributed by atoms with Crippen molar-refractivity contribution in [3.63, 3.8) is 0 Å². The fraction of sp³-hybridized carbons (Fsp3) is 0.400. The summed E-state index contributed by atoms with van der Waals surface area (Å²) in [5, 5.41) is 39.0. The third-order valence-electron chi connectivity index (χ3n) is 8.85. The molecule has 2 heterocycles. The zero-order valence-electron chi connectivity index (χ0n) is 29.7. The fourth-order valence-corrected chi connectivity index (χ4v) is 5.59. The minimum atomic E-state index is -0.0166. The van der Waals surface area contributed by atoms with E-state index in [-0.39, 0.29) is 22.8 Å². The quantitative estimate of drug-likeness (QED) is 0.126. The molecule has 0 saturated carbocycles. The predicted octanol–water partition coefficient (Wildman–Crippen LogP) is 9.80. The van der Waals surface area contributed by atoms with Crippen molar-refractivity contribution in [3.05, 3.63) is 90.0 Å². The molecule has 0 radical (unpaired) electrons. The van der Waals surface area contributed by atoms with E-state index in [2.05, 4.69) is 68.0 Å². The highest BCUT2D eigenvalue weighted by molar-refractivity contribution is 5.74. The van der Waals surface area contributed by atoms with Gasteiger partial charge in [-0.1, -0.05) is 104 Å². The van der Waals surface area contributed by atoms with Gasteiger partial charge in [-0.3, -0.25) is 0 Å². The summed E-state index contributed by atoms with van der Waals surface area (Å²) < 4.78 is 5.73. The molecule has 0 aliphatic heterocycles. The second-order valence-corrected chi connectivity index (χ2v) is 13.7. The summed E-state index contributed by atoms with van der Waals surface area (Å²) in [4.78, 5) is 3.01. The van der Waals surface area contributed by atoms with Crippen LogP contribution in [0, 0.1) is 0 Å². The molecule has 0 fully saturated rings. The maximum Gasteiger partial charge on any atom is 0.146 e. The molecule has 6 rings (SSSR count). The Morgan fingerprint density at radius 3 is 1.71 bits per heavy atom. The first-order chi connectivity index (χ1) is 23.6. The topological polar surface area (TPSA) is 111 Å². The Bertz CT molecular complexity index is 1910. The molecular weight excluding hydrogens is 612 g/mol. The highest BCUT2D eigenvalue weighted by Gasteiger charge is 2.22. The predicted molar refractivity (Wildman–Crippen MR) is 197 cm³/mol. The van der Waals surface area contributed by atoms with E-state index in [4.69, 9.17) is 4.74 Å². The van der Waals surface area contributed by atoms with E-state index in [1.54, 1.807) is 16.9 Å². The lowest BCUT2D eigenvalue weighted by molar-refractivity contribution is 0.302. The summed E-state index contributed by atoms with van der Waals surface area (Å²) in [6, 6.07) is 24.7. The molecule has 0 aliphatic carbocycles. The van der Waals surface area contributed by atoms with Gasteiger partial charge in [0.05, 0.1) is 6.61 Å². The summed E-state index contributed by atoms with van der Waals surface area (Å²) in [5.41, 5.74) is 6.55. The molecule has 1 unspecified atom stereocenters. The molecule has 0 bridgehead atoms. The second-order valence-electron chi connectivity index (χ2n) is 13.7. The first-order valence-corrected chi connectivity index (χ1v) is 17.6. The van der Waals surface area contributed by atoms with Gasteiger partial charge in [0, 0.05) is 6.07 Å². The number of unbranched alkanes of at least 4 members (excludes halogenated alkanes) is 5. The maximum absolute atomic E-state index is 10.9.